The third kappa shape index (κ3) is 5.63. The highest BCUT2D eigenvalue weighted by Gasteiger charge is 2.34. The van der Waals surface area contributed by atoms with Gasteiger partial charge in [-0.1, -0.05) is 19.6 Å². The molecule has 3 N–H and O–H groups in total. The average molecular weight is 371 g/mol. The number of rotatable bonds is 6. The normalized spacial score (nSPS) is 23.5. The van der Waals surface area contributed by atoms with Crippen LogP contribution in [-0.2, 0) is 9.47 Å². The lowest BCUT2D eigenvalue weighted by Gasteiger charge is -2.16. The van der Waals surface area contributed by atoms with Crippen molar-refractivity contribution in [1.82, 2.24) is 9.55 Å². The van der Waals surface area contributed by atoms with E-state index in [1.165, 1.54) is 16.8 Å². The number of anilines is 1. The van der Waals surface area contributed by atoms with Crippen molar-refractivity contribution in [3.8, 4) is 0 Å². The Morgan fingerprint density at radius 1 is 1.52 bits per heavy atom. The minimum absolute atomic E-state index is 0.0801. The summed E-state index contributed by atoms with van der Waals surface area (Å²) in [6.07, 6.45) is -1.33. The molecule has 140 valence electrons. The smallest absolute Gasteiger partial charge is 0.412 e. The first kappa shape index (κ1) is 19.6. The van der Waals surface area contributed by atoms with Crippen molar-refractivity contribution in [1.29, 1.82) is 0 Å². The van der Waals surface area contributed by atoms with E-state index in [1.807, 2.05) is 0 Å². The zero-order chi connectivity index (χ0) is 18.6. The Kier molecular flexibility index (Phi) is 6.33. The van der Waals surface area contributed by atoms with Crippen LogP contribution in [0, 0.1) is 0 Å². The lowest BCUT2D eigenvalue weighted by Crippen LogP contribution is -2.29. The molecular formula is C15H25N3O6Si. The number of hydrogen-bond donors (Lipinski definition) is 3. The third-order valence-electron chi connectivity index (χ3n) is 3.84. The van der Waals surface area contributed by atoms with Crippen molar-refractivity contribution in [3.05, 3.63) is 22.7 Å². The largest absolute Gasteiger partial charge is 0.450 e. The van der Waals surface area contributed by atoms with Gasteiger partial charge >= 0.3 is 11.8 Å². The molecule has 10 heteroatoms. The molecular weight excluding hydrogens is 346 g/mol. The van der Waals surface area contributed by atoms with Gasteiger partial charge in [0.15, 0.2) is 0 Å². The number of hydrogen-bond acceptors (Lipinski definition) is 7. The predicted molar refractivity (Wildman–Crippen MR) is 93.2 cm³/mol. The van der Waals surface area contributed by atoms with Crippen LogP contribution in [0.4, 0.5) is 10.6 Å². The van der Waals surface area contributed by atoms with Crippen molar-refractivity contribution in [2.75, 3.05) is 18.5 Å². The Balaban J connectivity index is 1.93. The van der Waals surface area contributed by atoms with Crippen LogP contribution in [0.3, 0.4) is 0 Å². The first-order valence-electron chi connectivity index (χ1n) is 8.17. The minimum Gasteiger partial charge on any atom is -0.450 e. The van der Waals surface area contributed by atoms with Crippen molar-refractivity contribution >= 4 is 20.0 Å². The second kappa shape index (κ2) is 8.08. The fourth-order valence-electron chi connectivity index (χ4n) is 2.34. The van der Waals surface area contributed by atoms with Gasteiger partial charge in [0.25, 0.3) is 0 Å². The zero-order valence-electron chi connectivity index (χ0n) is 14.6. The molecule has 0 spiro atoms. The third-order valence-corrected chi connectivity index (χ3v) is 5.54. The number of aromatic nitrogens is 2. The highest BCUT2D eigenvalue weighted by molar-refractivity contribution is 6.76. The highest BCUT2D eigenvalue weighted by Crippen LogP contribution is 2.27. The monoisotopic (exact) mass is 371 g/mol. The molecule has 1 aliphatic heterocycles. The van der Waals surface area contributed by atoms with Crippen LogP contribution in [0.25, 0.3) is 0 Å². The van der Waals surface area contributed by atoms with Crippen LogP contribution in [0.5, 0.6) is 0 Å². The molecule has 0 aromatic carbocycles. The average Bonchev–Trinajstić information content (AvgIpc) is 2.86. The van der Waals surface area contributed by atoms with Gasteiger partial charge in [-0.05, 0) is 12.1 Å². The maximum atomic E-state index is 12.1. The van der Waals surface area contributed by atoms with E-state index in [1.54, 1.807) is 0 Å². The molecule has 9 nitrogen and oxygen atoms in total. The van der Waals surface area contributed by atoms with Gasteiger partial charge in [0.1, 0.15) is 18.1 Å². The molecule has 1 saturated heterocycles. The van der Waals surface area contributed by atoms with Crippen LogP contribution >= 0.6 is 0 Å². The first-order chi connectivity index (χ1) is 11.7. The van der Waals surface area contributed by atoms with E-state index in [4.69, 9.17) is 14.6 Å². The molecule has 1 fully saturated rings. The van der Waals surface area contributed by atoms with E-state index >= 15 is 0 Å². The summed E-state index contributed by atoms with van der Waals surface area (Å²) in [7, 11) is -1.29. The van der Waals surface area contributed by atoms with E-state index < -0.39 is 38.3 Å². The number of nitrogens with zero attached hydrogens (tertiary/aromatic N) is 2. The number of ether oxygens (including phenoxy) is 2. The summed E-state index contributed by atoms with van der Waals surface area (Å²) in [6.45, 7) is 6.54. The second-order valence-corrected chi connectivity index (χ2v) is 12.8. The van der Waals surface area contributed by atoms with Crippen LogP contribution in [0.15, 0.2) is 17.1 Å². The summed E-state index contributed by atoms with van der Waals surface area (Å²) in [5, 5.41) is 21.2. The molecule has 3 atom stereocenters. The first-order valence-corrected chi connectivity index (χ1v) is 11.9. The Labute approximate surface area is 146 Å². The van der Waals surface area contributed by atoms with E-state index in [2.05, 4.69) is 29.9 Å². The highest BCUT2D eigenvalue weighted by atomic mass is 28.3. The minimum atomic E-state index is -1.29. The summed E-state index contributed by atoms with van der Waals surface area (Å²) in [6, 6.07) is 2.30. The summed E-state index contributed by atoms with van der Waals surface area (Å²) in [5.74, 6) is 0.0801. The Morgan fingerprint density at radius 3 is 2.80 bits per heavy atom. The van der Waals surface area contributed by atoms with Gasteiger partial charge < -0.3 is 19.7 Å². The standard InChI is InChI=1S/C15H25N3O6Si/c1-25(2,3)7-6-23-15(22)17-12-4-5-18(14(21)16-12)13-8-10(20)11(9-19)24-13/h4-5,10-11,13,19-20H,6-9H2,1-3H3,(H,16,17,21,22)/t10-,11+,13+/m0/s1. The molecule has 1 aliphatic rings. The number of carbonyl (C=O) groups excluding carboxylic acids is 1. The van der Waals surface area contributed by atoms with E-state index in [0.717, 1.165) is 6.04 Å². The van der Waals surface area contributed by atoms with Gasteiger partial charge in [-0.25, -0.2) is 9.59 Å². The van der Waals surface area contributed by atoms with E-state index in [9.17, 15) is 14.7 Å². The van der Waals surface area contributed by atoms with Crippen molar-refractivity contribution in [3.63, 3.8) is 0 Å². The molecule has 0 unspecified atom stereocenters. The fourth-order valence-corrected chi connectivity index (χ4v) is 3.06. The van der Waals surface area contributed by atoms with Gasteiger partial charge in [-0.15, -0.1) is 0 Å². The maximum absolute atomic E-state index is 12.1. The van der Waals surface area contributed by atoms with Gasteiger partial charge in [-0.2, -0.15) is 4.98 Å². The number of amides is 1. The lowest BCUT2D eigenvalue weighted by molar-refractivity contribution is -0.0458. The Hall–Kier alpha value is -1.75. The number of nitrogens with one attached hydrogen (secondary N) is 1. The van der Waals surface area contributed by atoms with Gasteiger partial charge in [0.05, 0.1) is 19.3 Å². The number of carbonyl (C=O) groups is 1. The molecule has 1 aromatic rings. The van der Waals surface area contributed by atoms with Crippen molar-refractivity contribution in [2.24, 2.45) is 0 Å². The summed E-state index contributed by atoms with van der Waals surface area (Å²) in [5.41, 5.74) is -0.629. The van der Waals surface area contributed by atoms with Gasteiger partial charge in [0, 0.05) is 20.7 Å². The zero-order valence-corrected chi connectivity index (χ0v) is 15.6. The van der Waals surface area contributed by atoms with Crippen LogP contribution in [-0.4, -0.2) is 59.4 Å². The van der Waals surface area contributed by atoms with E-state index in [0.29, 0.717) is 6.61 Å². The van der Waals surface area contributed by atoms with Gasteiger partial charge in [-0.3, -0.25) is 9.88 Å². The number of aliphatic hydroxyl groups is 2. The number of aliphatic hydroxyl groups excluding tert-OH is 2. The Bertz CT molecular complexity index is 659. The second-order valence-electron chi connectivity index (χ2n) is 7.19. The molecule has 2 rings (SSSR count). The molecule has 25 heavy (non-hydrogen) atoms. The van der Waals surface area contributed by atoms with Crippen molar-refractivity contribution in [2.45, 2.75) is 50.5 Å². The van der Waals surface area contributed by atoms with Crippen LogP contribution in [0.1, 0.15) is 12.6 Å². The molecule has 0 aliphatic carbocycles. The molecule has 0 radical (unpaired) electrons. The predicted octanol–water partition coefficient (Wildman–Crippen LogP) is 0.771. The summed E-state index contributed by atoms with van der Waals surface area (Å²) >= 11 is 0. The molecule has 2 heterocycles. The van der Waals surface area contributed by atoms with Crippen LogP contribution in [0.2, 0.25) is 25.7 Å². The maximum Gasteiger partial charge on any atom is 0.412 e. The SMILES string of the molecule is C[Si](C)(C)CCOC(=O)Nc1ccn([C@H]2C[C@H](O)[C@@H](CO)O2)c(=O)n1. The molecule has 1 amide bonds. The molecule has 0 bridgehead atoms. The van der Waals surface area contributed by atoms with E-state index in [-0.39, 0.29) is 18.8 Å². The topological polar surface area (TPSA) is 123 Å². The molecule has 1 aromatic heterocycles. The van der Waals surface area contributed by atoms with Crippen molar-refractivity contribution < 1.29 is 24.5 Å². The van der Waals surface area contributed by atoms with Crippen LogP contribution < -0.4 is 11.0 Å². The quantitative estimate of drug-likeness (QED) is 0.631. The fraction of sp³-hybridized carbons (Fsp3) is 0.667. The Morgan fingerprint density at radius 2 is 2.24 bits per heavy atom. The summed E-state index contributed by atoms with van der Waals surface area (Å²) in [4.78, 5) is 27.6. The van der Waals surface area contributed by atoms with Gasteiger partial charge in [0.2, 0.25) is 0 Å². The molecule has 0 saturated carbocycles. The lowest BCUT2D eigenvalue weighted by atomic mass is 10.2. The summed E-state index contributed by atoms with van der Waals surface area (Å²) < 4.78 is 11.7.